The second kappa shape index (κ2) is 4.25. The molecule has 3 N–H and O–H groups in total. The normalized spacial score (nSPS) is 9.77. The molecule has 0 aliphatic heterocycles. The third-order valence-electron chi connectivity index (χ3n) is 1.68. The Morgan fingerprint density at radius 3 is 2.77 bits per heavy atom. The molecule has 0 aliphatic rings. The number of hydrogen-bond donors (Lipinski definition) is 2. The summed E-state index contributed by atoms with van der Waals surface area (Å²) in [6.45, 7) is 0.380. The summed E-state index contributed by atoms with van der Waals surface area (Å²) in [4.78, 5) is 11.2. The number of carbonyl (C=O) groups excluding carboxylic acids is 1. The van der Waals surface area contributed by atoms with Gasteiger partial charge in [-0.1, -0.05) is 11.6 Å². The van der Waals surface area contributed by atoms with Gasteiger partial charge in [-0.05, 0) is 23.8 Å². The molecule has 1 aromatic carbocycles. The van der Waals surface area contributed by atoms with E-state index in [2.05, 4.69) is 5.32 Å². The van der Waals surface area contributed by atoms with Crippen molar-refractivity contribution in [3.05, 3.63) is 34.3 Å². The Labute approximate surface area is 81.9 Å². The standard InChI is InChI=1S/C9H11ClN2O/c1-12-9(13)7-2-6(5-11)3-8(10)4-7/h2-4H,5,11H2,1H3,(H,12,13). The Bertz CT molecular complexity index is 325. The maximum Gasteiger partial charge on any atom is 0.251 e. The molecule has 0 unspecified atom stereocenters. The monoisotopic (exact) mass is 198 g/mol. The van der Waals surface area contributed by atoms with Gasteiger partial charge in [-0.3, -0.25) is 4.79 Å². The van der Waals surface area contributed by atoms with Crippen LogP contribution >= 0.6 is 11.6 Å². The van der Waals surface area contributed by atoms with Gasteiger partial charge in [0.15, 0.2) is 0 Å². The van der Waals surface area contributed by atoms with Crippen molar-refractivity contribution in [3.8, 4) is 0 Å². The number of carbonyl (C=O) groups is 1. The van der Waals surface area contributed by atoms with Crippen LogP contribution in [0.5, 0.6) is 0 Å². The van der Waals surface area contributed by atoms with E-state index in [0.717, 1.165) is 5.56 Å². The molecular formula is C9H11ClN2O. The minimum atomic E-state index is -0.155. The van der Waals surface area contributed by atoms with E-state index in [0.29, 0.717) is 17.1 Å². The Morgan fingerprint density at radius 1 is 1.54 bits per heavy atom. The number of nitrogens with one attached hydrogen (secondary N) is 1. The van der Waals surface area contributed by atoms with E-state index in [9.17, 15) is 4.79 Å². The summed E-state index contributed by atoms with van der Waals surface area (Å²) in [5.74, 6) is -0.155. The van der Waals surface area contributed by atoms with Gasteiger partial charge in [-0.15, -0.1) is 0 Å². The third-order valence-corrected chi connectivity index (χ3v) is 1.90. The van der Waals surface area contributed by atoms with Crippen molar-refractivity contribution < 1.29 is 4.79 Å². The number of nitrogens with two attached hydrogens (primary N) is 1. The first-order chi connectivity index (χ1) is 6.17. The van der Waals surface area contributed by atoms with Crippen LogP contribution in [0.2, 0.25) is 5.02 Å². The zero-order valence-electron chi connectivity index (χ0n) is 7.30. The first kappa shape index (κ1) is 10.0. The summed E-state index contributed by atoms with van der Waals surface area (Å²) in [6.07, 6.45) is 0. The van der Waals surface area contributed by atoms with E-state index >= 15 is 0 Å². The summed E-state index contributed by atoms with van der Waals surface area (Å²) in [6, 6.07) is 5.08. The zero-order valence-corrected chi connectivity index (χ0v) is 8.06. The topological polar surface area (TPSA) is 55.1 Å². The highest BCUT2D eigenvalue weighted by Gasteiger charge is 2.05. The molecule has 13 heavy (non-hydrogen) atoms. The Kier molecular flexibility index (Phi) is 3.28. The van der Waals surface area contributed by atoms with Crippen LogP contribution in [0.25, 0.3) is 0 Å². The van der Waals surface area contributed by atoms with Crippen LogP contribution in [0.3, 0.4) is 0 Å². The van der Waals surface area contributed by atoms with Crippen LogP contribution < -0.4 is 11.1 Å². The lowest BCUT2D eigenvalue weighted by Crippen LogP contribution is -2.18. The van der Waals surface area contributed by atoms with Crippen LogP contribution in [-0.4, -0.2) is 13.0 Å². The maximum atomic E-state index is 11.2. The molecule has 0 saturated heterocycles. The smallest absolute Gasteiger partial charge is 0.251 e. The van der Waals surface area contributed by atoms with Gasteiger partial charge in [0.25, 0.3) is 5.91 Å². The summed E-state index contributed by atoms with van der Waals surface area (Å²) >= 11 is 5.79. The second-order valence-corrected chi connectivity index (χ2v) is 3.07. The quantitative estimate of drug-likeness (QED) is 0.750. The van der Waals surface area contributed by atoms with Crippen LogP contribution in [0.4, 0.5) is 0 Å². The highest BCUT2D eigenvalue weighted by molar-refractivity contribution is 6.31. The predicted octanol–water partition coefficient (Wildman–Crippen LogP) is 1.16. The van der Waals surface area contributed by atoms with Crippen molar-refractivity contribution in [1.82, 2.24) is 5.32 Å². The molecule has 0 radical (unpaired) electrons. The molecule has 70 valence electrons. The molecule has 0 atom stereocenters. The van der Waals surface area contributed by atoms with Gasteiger partial charge in [0.05, 0.1) is 0 Å². The van der Waals surface area contributed by atoms with Crippen molar-refractivity contribution in [3.63, 3.8) is 0 Å². The Hall–Kier alpha value is -1.06. The number of amides is 1. The van der Waals surface area contributed by atoms with Crippen molar-refractivity contribution in [2.45, 2.75) is 6.54 Å². The fraction of sp³-hybridized carbons (Fsp3) is 0.222. The molecule has 3 nitrogen and oxygen atoms in total. The van der Waals surface area contributed by atoms with Gasteiger partial charge in [-0.2, -0.15) is 0 Å². The number of benzene rings is 1. The molecular weight excluding hydrogens is 188 g/mol. The second-order valence-electron chi connectivity index (χ2n) is 2.63. The summed E-state index contributed by atoms with van der Waals surface area (Å²) in [7, 11) is 1.57. The van der Waals surface area contributed by atoms with Crippen LogP contribution in [0, 0.1) is 0 Å². The van der Waals surface area contributed by atoms with E-state index in [-0.39, 0.29) is 5.91 Å². The van der Waals surface area contributed by atoms with Crippen LogP contribution in [0.15, 0.2) is 18.2 Å². The van der Waals surface area contributed by atoms with E-state index in [1.165, 1.54) is 0 Å². The van der Waals surface area contributed by atoms with Gasteiger partial charge < -0.3 is 11.1 Å². The molecule has 1 amide bonds. The SMILES string of the molecule is CNC(=O)c1cc(Cl)cc(CN)c1. The highest BCUT2D eigenvalue weighted by atomic mass is 35.5. The van der Waals surface area contributed by atoms with Crippen LogP contribution in [0.1, 0.15) is 15.9 Å². The lowest BCUT2D eigenvalue weighted by atomic mass is 10.1. The van der Waals surface area contributed by atoms with Gasteiger partial charge in [0.1, 0.15) is 0 Å². The van der Waals surface area contributed by atoms with E-state index < -0.39 is 0 Å². The molecule has 1 aromatic rings. The first-order valence-corrected chi connectivity index (χ1v) is 4.26. The Morgan fingerprint density at radius 2 is 2.23 bits per heavy atom. The first-order valence-electron chi connectivity index (χ1n) is 3.89. The minimum Gasteiger partial charge on any atom is -0.355 e. The van der Waals surface area contributed by atoms with Crippen molar-refractivity contribution in [2.24, 2.45) is 5.73 Å². The van der Waals surface area contributed by atoms with Gasteiger partial charge in [0, 0.05) is 24.2 Å². The average Bonchev–Trinajstić information content (AvgIpc) is 2.15. The van der Waals surface area contributed by atoms with Crippen molar-refractivity contribution in [1.29, 1.82) is 0 Å². The average molecular weight is 199 g/mol. The molecule has 0 aliphatic carbocycles. The van der Waals surface area contributed by atoms with Gasteiger partial charge in [0.2, 0.25) is 0 Å². The zero-order chi connectivity index (χ0) is 9.84. The molecule has 0 aromatic heterocycles. The van der Waals surface area contributed by atoms with E-state index in [4.69, 9.17) is 17.3 Å². The lowest BCUT2D eigenvalue weighted by molar-refractivity contribution is 0.0963. The fourth-order valence-electron chi connectivity index (χ4n) is 1.04. The van der Waals surface area contributed by atoms with Crippen LogP contribution in [-0.2, 0) is 6.54 Å². The number of rotatable bonds is 2. The molecule has 0 saturated carbocycles. The minimum absolute atomic E-state index is 0.155. The molecule has 1 rings (SSSR count). The van der Waals surface area contributed by atoms with Gasteiger partial charge in [-0.25, -0.2) is 0 Å². The number of hydrogen-bond acceptors (Lipinski definition) is 2. The Balaban J connectivity index is 3.08. The predicted molar refractivity (Wildman–Crippen MR) is 52.7 cm³/mol. The van der Waals surface area contributed by atoms with E-state index in [1.807, 2.05) is 0 Å². The largest absolute Gasteiger partial charge is 0.355 e. The van der Waals surface area contributed by atoms with E-state index in [1.54, 1.807) is 25.2 Å². The van der Waals surface area contributed by atoms with Crippen molar-refractivity contribution in [2.75, 3.05) is 7.05 Å². The molecule has 0 bridgehead atoms. The molecule has 4 heteroatoms. The summed E-state index contributed by atoms with van der Waals surface area (Å²) in [5, 5.41) is 3.05. The summed E-state index contributed by atoms with van der Waals surface area (Å²) < 4.78 is 0. The lowest BCUT2D eigenvalue weighted by Gasteiger charge is -2.03. The van der Waals surface area contributed by atoms with Crippen molar-refractivity contribution >= 4 is 17.5 Å². The molecule has 0 fully saturated rings. The maximum absolute atomic E-state index is 11.2. The van der Waals surface area contributed by atoms with Gasteiger partial charge >= 0.3 is 0 Å². The summed E-state index contributed by atoms with van der Waals surface area (Å²) in [5.41, 5.74) is 6.83. The molecule has 0 heterocycles. The number of halogens is 1. The fourth-order valence-corrected chi connectivity index (χ4v) is 1.30. The molecule has 0 spiro atoms. The third kappa shape index (κ3) is 2.44. The highest BCUT2D eigenvalue weighted by Crippen LogP contribution is 2.14.